The topological polar surface area (TPSA) is 41.6 Å². The van der Waals surface area contributed by atoms with Gasteiger partial charge in [-0.05, 0) is 24.1 Å². The summed E-state index contributed by atoms with van der Waals surface area (Å²) in [6.45, 7) is 2.98. The number of rotatable bonds is 4. The van der Waals surface area contributed by atoms with Crippen LogP contribution in [0.3, 0.4) is 0 Å². The van der Waals surface area contributed by atoms with E-state index in [2.05, 4.69) is 5.32 Å². The summed E-state index contributed by atoms with van der Waals surface area (Å²) < 4.78 is 5.11. The van der Waals surface area contributed by atoms with Crippen molar-refractivity contribution in [3.63, 3.8) is 0 Å². The number of carbonyl (C=O) groups excluding carboxylic acids is 1. The molecule has 0 unspecified atom stereocenters. The normalized spacial score (nSPS) is 16.1. The minimum atomic E-state index is 0.199. The Hall–Kier alpha value is -1.55. The summed E-state index contributed by atoms with van der Waals surface area (Å²) in [5.41, 5.74) is 1.23. The summed E-state index contributed by atoms with van der Waals surface area (Å²) in [5, 5.41) is 3.07. The van der Waals surface area contributed by atoms with Gasteiger partial charge in [0.15, 0.2) is 0 Å². The quantitative estimate of drug-likeness (QED) is 0.832. The van der Waals surface area contributed by atoms with Crippen LogP contribution in [0, 0.1) is 0 Å². The number of benzene rings is 1. The van der Waals surface area contributed by atoms with E-state index in [0.717, 1.165) is 31.8 Å². The van der Waals surface area contributed by atoms with Gasteiger partial charge < -0.3 is 15.0 Å². The van der Waals surface area contributed by atoms with Crippen molar-refractivity contribution in [2.75, 3.05) is 33.3 Å². The smallest absolute Gasteiger partial charge is 0.236 e. The fourth-order valence-electron chi connectivity index (χ4n) is 1.94. The second-order valence-electron chi connectivity index (χ2n) is 4.16. The van der Waals surface area contributed by atoms with Gasteiger partial charge >= 0.3 is 0 Å². The van der Waals surface area contributed by atoms with E-state index in [9.17, 15) is 4.79 Å². The summed E-state index contributed by atoms with van der Waals surface area (Å²) in [5.74, 6) is 1.07. The average molecular weight is 234 g/mol. The second kappa shape index (κ2) is 5.68. The molecule has 0 atom stereocenters. The lowest BCUT2D eigenvalue weighted by atomic mass is 10.1. The van der Waals surface area contributed by atoms with Crippen LogP contribution in [-0.4, -0.2) is 44.1 Å². The van der Waals surface area contributed by atoms with Crippen molar-refractivity contribution < 1.29 is 9.53 Å². The second-order valence-corrected chi connectivity index (χ2v) is 4.16. The van der Waals surface area contributed by atoms with Crippen LogP contribution in [0.5, 0.6) is 5.75 Å². The van der Waals surface area contributed by atoms with Crippen molar-refractivity contribution in [2.24, 2.45) is 0 Å². The van der Waals surface area contributed by atoms with Crippen LogP contribution in [0.4, 0.5) is 0 Å². The Balaban J connectivity index is 1.86. The third-order valence-corrected chi connectivity index (χ3v) is 3.02. The molecular weight excluding hydrogens is 216 g/mol. The van der Waals surface area contributed by atoms with Gasteiger partial charge in [0.1, 0.15) is 5.75 Å². The Morgan fingerprint density at radius 2 is 2.12 bits per heavy atom. The van der Waals surface area contributed by atoms with Crippen LogP contribution < -0.4 is 10.1 Å². The molecule has 17 heavy (non-hydrogen) atoms. The Bertz CT molecular complexity index is 376. The maximum absolute atomic E-state index is 11.6. The molecule has 1 aliphatic heterocycles. The number of carbonyl (C=O) groups is 1. The minimum absolute atomic E-state index is 0.199. The molecule has 0 radical (unpaired) electrons. The van der Waals surface area contributed by atoms with Gasteiger partial charge in [0.25, 0.3) is 0 Å². The largest absolute Gasteiger partial charge is 0.497 e. The first-order valence-corrected chi connectivity index (χ1v) is 5.91. The van der Waals surface area contributed by atoms with E-state index in [-0.39, 0.29) is 5.91 Å². The van der Waals surface area contributed by atoms with Gasteiger partial charge in [-0.2, -0.15) is 0 Å². The number of hydrogen-bond donors (Lipinski definition) is 1. The van der Waals surface area contributed by atoms with Gasteiger partial charge in [-0.3, -0.25) is 4.79 Å². The molecule has 1 fully saturated rings. The molecule has 1 saturated heterocycles. The van der Waals surface area contributed by atoms with Gasteiger partial charge in [-0.15, -0.1) is 0 Å². The zero-order valence-corrected chi connectivity index (χ0v) is 10.1. The number of amides is 1. The van der Waals surface area contributed by atoms with Gasteiger partial charge in [-0.1, -0.05) is 12.1 Å². The fraction of sp³-hybridized carbons (Fsp3) is 0.462. The summed E-state index contributed by atoms with van der Waals surface area (Å²) in [6, 6.07) is 8.00. The van der Waals surface area contributed by atoms with Crippen LogP contribution >= 0.6 is 0 Å². The van der Waals surface area contributed by atoms with E-state index >= 15 is 0 Å². The average Bonchev–Trinajstić information content (AvgIpc) is 2.38. The van der Waals surface area contributed by atoms with Crippen LogP contribution in [0.2, 0.25) is 0 Å². The van der Waals surface area contributed by atoms with E-state index in [1.54, 1.807) is 7.11 Å². The predicted molar refractivity (Wildman–Crippen MR) is 66.1 cm³/mol. The minimum Gasteiger partial charge on any atom is -0.497 e. The van der Waals surface area contributed by atoms with Crippen LogP contribution in [0.1, 0.15) is 5.56 Å². The first-order chi connectivity index (χ1) is 8.29. The van der Waals surface area contributed by atoms with Crippen molar-refractivity contribution in [1.29, 1.82) is 0 Å². The Morgan fingerprint density at radius 3 is 2.76 bits per heavy atom. The molecule has 1 aliphatic rings. The van der Waals surface area contributed by atoms with Crippen LogP contribution in [-0.2, 0) is 11.2 Å². The highest BCUT2D eigenvalue weighted by atomic mass is 16.5. The molecule has 1 aromatic carbocycles. The van der Waals surface area contributed by atoms with Crippen molar-refractivity contribution >= 4 is 5.91 Å². The number of piperazine rings is 1. The monoisotopic (exact) mass is 234 g/mol. The third-order valence-electron chi connectivity index (χ3n) is 3.02. The highest BCUT2D eigenvalue weighted by molar-refractivity contribution is 5.78. The van der Waals surface area contributed by atoms with Gasteiger partial charge in [0.05, 0.1) is 13.7 Å². The summed E-state index contributed by atoms with van der Waals surface area (Å²) in [7, 11) is 1.66. The van der Waals surface area contributed by atoms with Gasteiger partial charge in [0, 0.05) is 19.6 Å². The van der Waals surface area contributed by atoms with E-state index in [4.69, 9.17) is 4.74 Å². The standard InChI is InChI=1S/C13H18N2O2/c1-17-12-4-2-11(3-5-12)6-8-15-9-7-14-10-13(15)16/h2-5,14H,6-10H2,1H3. The molecule has 2 rings (SSSR count). The van der Waals surface area contributed by atoms with Crippen LogP contribution in [0.15, 0.2) is 24.3 Å². The maximum Gasteiger partial charge on any atom is 0.236 e. The zero-order chi connectivity index (χ0) is 12.1. The van der Waals surface area contributed by atoms with Crippen molar-refractivity contribution in [2.45, 2.75) is 6.42 Å². The van der Waals surface area contributed by atoms with Gasteiger partial charge in [0.2, 0.25) is 5.91 Å². The molecule has 1 amide bonds. The molecule has 4 heteroatoms. The lowest BCUT2D eigenvalue weighted by molar-refractivity contribution is -0.131. The van der Waals surface area contributed by atoms with E-state index < -0.39 is 0 Å². The molecule has 4 nitrogen and oxygen atoms in total. The molecule has 0 saturated carbocycles. The number of ether oxygens (including phenoxy) is 1. The maximum atomic E-state index is 11.6. The SMILES string of the molecule is COc1ccc(CCN2CCNCC2=O)cc1. The molecule has 0 bridgehead atoms. The summed E-state index contributed by atoms with van der Waals surface area (Å²) in [4.78, 5) is 13.5. The Labute approximate surface area is 102 Å². The third kappa shape index (κ3) is 3.20. The number of nitrogens with one attached hydrogen (secondary N) is 1. The molecule has 1 N–H and O–H groups in total. The highest BCUT2D eigenvalue weighted by Crippen LogP contribution is 2.12. The Kier molecular flexibility index (Phi) is 3.98. The van der Waals surface area contributed by atoms with Crippen molar-refractivity contribution in [3.8, 4) is 5.75 Å². The lowest BCUT2D eigenvalue weighted by Crippen LogP contribution is -2.48. The van der Waals surface area contributed by atoms with Crippen molar-refractivity contribution in [1.82, 2.24) is 10.2 Å². The van der Waals surface area contributed by atoms with Gasteiger partial charge in [-0.25, -0.2) is 0 Å². The summed E-state index contributed by atoms with van der Waals surface area (Å²) in [6.07, 6.45) is 0.899. The predicted octanol–water partition coefficient (Wildman–Crippen LogP) is 0.669. The molecule has 1 heterocycles. The molecule has 0 aromatic heterocycles. The molecule has 1 aromatic rings. The molecule has 0 aliphatic carbocycles. The number of nitrogens with zero attached hydrogens (tertiary/aromatic N) is 1. The molecule has 0 spiro atoms. The first kappa shape index (κ1) is 11.9. The first-order valence-electron chi connectivity index (χ1n) is 5.91. The van der Waals surface area contributed by atoms with E-state index in [0.29, 0.717) is 6.54 Å². The molecule has 92 valence electrons. The van der Waals surface area contributed by atoms with Crippen LogP contribution in [0.25, 0.3) is 0 Å². The lowest BCUT2D eigenvalue weighted by Gasteiger charge is -2.27. The Morgan fingerprint density at radius 1 is 1.35 bits per heavy atom. The zero-order valence-electron chi connectivity index (χ0n) is 10.1. The van der Waals surface area contributed by atoms with Crippen molar-refractivity contribution in [3.05, 3.63) is 29.8 Å². The number of hydrogen-bond acceptors (Lipinski definition) is 3. The molecular formula is C13H18N2O2. The van der Waals surface area contributed by atoms with E-state index in [1.807, 2.05) is 29.2 Å². The fourth-order valence-corrected chi connectivity index (χ4v) is 1.94. The van der Waals surface area contributed by atoms with E-state index in [1.165, 1.54) is 5.56 Å². The number of methoxy groups -OCH3 is 1. The highest BCUT2D eigenvalue weighted by Gasteiger charge is 2.16. The summed E-state index contributed by atoms with van der Waals surface area (Å²) >= 11 is 0.